The second-order valence-electron chi connectivity index (χ2n) is 8.10. The SMILES string of the molecule is CC1CCC([C@H](N)c2nc3c(F)c([C@H]4COCCN4C(=O)O)ccc3[nH]2)CC1. The lowest BCUT2D eigenvalue weighted by Gasteiger charge is -2.33. The number of aromatic nitrogens is 2. The number of morpholine rings is 1. The summed E-state index contributed by atoms with van der Waals surface area (Å²) >= 11 is 0. The number of amides is 1. The van der Waals surface area contributed by atoms with Gasteiger partial charge < -0.3 is 20.6 Å². The van der Waals surface area contributed by atoms with Crippen molar-refractivity contribution < 1.29 is 19.0 Å². The lowest BCUT2D eigenvalue weighted by atomic mass is 9.79. The second-order valence-corrected chi connectivity index (χ2v) is 8.10. The van der Waals surface area contributed by atoms with Gasteiger partial charge in [0.05, 0.1) is 30.8 Å². The van der Waals surface area contributed by atoms with Crippen LogP contribution >= 0.6 is 0 Å². The van der Waals surface area contributed by atoms with Gasteiger partial charge in [-0.2, -0.15) is 0 Å². The number of halogens is 1. The van der Waals surface area contributed by atoms with Crippen molar-refractivity contribution >= 4 is 17.1 Å². The predicted molar refractivity (Wildman–Crippen MR) is 102 cm³/mol. The average molecular weight is 390 g/mol. The summed E-state index contributed by atoms with van der Waals surface area (Å²) in [6, 6.07) is 2.43. The number of benzene rings is 1. The molecule has 2 fully saturated rings. The Morgan fingerprint density at radius 2 is 2.14 bits per heavy atom. The third-order valence-corrected chi connectivity index (χ3v) is 6.26. The molecule has 2 heterocycles. The van der Waals surface area contributed by atoms with Gasteiger partial charge in [0, 0.05) is 12.1 Å². The zero-order chi connectivity index (χ0) is 19.8. The fourth-order valence-corrected chi connectivity index (χ4v) is 4.45. The number of hydrogen-bond donors (Lipinski definition) is 3. The van der Waals surface area contributed by atoms with Gasteiger partial charge in [0.15, 0.2) is 5.82 Å². The molecule has 1 saturated carbocycles. The van der Waals surface area contributed by atoms with Crippen LogP contribution in [-0.4, -0.2) is 45.8 Å². The van der Waals surface area contributed by atoms with Crippen LogP contribution in [0.5, 0.6) is 0 Å². The molecule has 1 saturated heterocycles. The van der Waals surface area contributed by atoms with Gasteiger partial charge in [0.2, 0.25) is 0 Å². The number of hydrogen-bond acceptors (Lipinski definition) is 4. The zero-order valence-corrected chi connectivity index (χ0v) is 16.0. The number of imidazole rings is 1. The number of ether oxygens (including phenoxy) is 1. The van der Waals surface area contributed by atoms with Crippen molar-refractivity contribution in [3.8, 4) is 0 Å². The van der Waals surface area contributed by atoms with Crippen molar-refractivity contribution in [3.05, 3.63) is 29.3 Å². The first-order valence-electron chi connectivity index (χ1n) is 9.96. The van der Waals surface area contributed by atoms with E-state index in [2.05, 4.69) is 16.9 Å². The first kappa shape index (κ1) is 19.1. The van der Waals surface area contributed by atoms with Crippen LogP contribution in [0.4, 0.5) is 9.18 Å². The molecule has 1 aromatic carbocycles. The summed E-state index contributed by atoms with van der Waals surface area (Å²) in [4.78, 5) is 20.4. The Labute approximate surface area is 163 Å². The molecule has 2 aromatic rings. The number of carboxylic acid groups (broad SMARTS) is 1. The maximum Gasteiger partial charge on any atom is 0.407 e. The highest BCUT2D eigenvalue weighted by Crippen LogP contribution is 2.36. The summed E-state index contributed by atoms with van der Waals surface area (Å²) in [6.07, 6.45) is 3.34. The van der Waals surface area contributed by atoms with Gasteiger partial charge in [0.25, 0.3) is 0 Å². The maximum atomic E-state index is 15.3. The molecule has 152 valence electrons. The topological polar surface area (TPSA) is 104 Å². The summed E-state index contributed by atoms with van der Waals surface area (Å²) in [5, 5.41) is 9.42. The quantitative estimate of drug-likeness (QED) is 0.743. The van der Waals surface area contributed by atoms with E-state index in [0.29, 0.717) is 23.9 Å². The first-order chi connectivity index (χ1) is 13.5. The smallest absolute Gasteiger partial charge is 0.407 e. The number of rotatable bonds is 3. The van der Waals surface area contributed by atoms with E-state index in [0.717, 1.165) is 31.6 Å². The van der Waals surface area contributed by atoms with Crippen LogP contribution < -0.4 is 5.73 Å². The van der Waals surface area contributed by atoms with Crippen molar-refractivity contribution in [2.45, 2.75) is 44.7 Å². The fraction of sp³-hybridized carbons (Fsp3) is 0.600. The van der Waals surface area contributed by atoms with Gasteiger partial charge in [0.1, 0.15) is 11.3 Å². The van der Waals surface area contributed by atoms with Gasteiger partial charge in [-0.15, -0.1) is 0 Å². The predicted octanol–water partition coefficient (Wildman–Crippen LogP) is 3.58. The summed E-state index contributed by atoms with van der Waals surface area (Å²) < 4.78 is 20.7. The molecule has 28 heavy (non-hydrogen) atoms. The van der Waals surface area contributed by atoms with E-state index in [1.54, 1.807) is 12.1 Å². The molecule has 4 N–H and O–H groups in total. The number of fused-ring (bicyclic) bond motifs is 1. The Hall–Kier alpha value is -2.19. The number of nitrogens with one attached hydrogen (secondary N) is 1. The van der Waals surface area contributed by atoms with E-state index < -0.39 is 18.0 Å². The molecule has 8 heteroatoms. The molecule has 2 atom stereocenters. The van der Waals surface area contributed by atoms with Gasteiger partial charge in [-0.05, 0) is 30.7 Å². The molecule has 1 amide bonds. The molecule has 0 radical (unpaired) electrons. The minimum atomic E-state index is -1.08. The third kappa shape index (κ3) is 3.46. The Bertz CT molecular complexity index is 862. The standard InChI is InChI=1S/C20H27FN4O3/c1-11-2-4-12(5-3-11)17(22)19-23-14-7-6-13(16(21)18(14)24-19)15-10-28-9-8-25(15)20(26)27/h6-7,11-12,15,17H,2-5,8-10,22H2,1H3,(H,23,24)(H,26,27)/t11?,12?,15-,17+/m1/s1. The number of carbonyl (C=O) groups is 1. The van der Waals surface area contributed by atoms with Crippen molar-refractivity contribution in [1.29, 1.82) is 0 Å². The van der Waals surface area contributed by atoms with Crippen LogP contribution in [0, 0.1) is 17.7 Å². The Balaban J connectivity index is 1.63. The van der Waals surface area contributed by atoms with E-state index in [9.17, 15) is 9.90 Å². The van der Waals surface area contributed by atoms with Crippen molar-refractivity contribution in [1.82, 2.24) is 14.9 Å². The summed E-state index contributed by atoms with van der Waals surface area (Å²) in [5.41, 5.74) is 7.52. The number of H-pyrrole nitrogens is 1. The van der Waals surface area contributed by atoms with Gasteiger partial charge in [-0.1, -0.05) is 25.8 Å². The highest BCUT2D eigenvalue weighted by Gasteiger charge is 2.32. The minimum Gasteiger partial charge on any atom is -0.465 e. The van der Waals surface area contributed by atoms with E-state index >= 15 is 4.39 Å². The van der Waals surface area contributed by atoms with E-state index in [4.69, 9.17) is 10.5 Å². The Kier molecular flexibility index (Phi) is 5.25. The van der Waals surface area contributed by atoms with Crippen LogP contribution in [0.1, 0.15) is 56.1 Å². The van der Waals surface area contributed by atoms with Gasteiger partial charge in [-0.25, -0.2) is 14.2 Å². The lowest BCUT2D eigenvalue weighted by molar-refractivity contribution is -0.00190. The van der Waals surface area contributed by atoms with E-state index in [-0.39, 0.29) is 30.3 Å². The van der Waals surface area contributed by atoms with Crippen molar-refractivity contribution in [2.75, 3.05) is 19.8 Å². The molecule has 0 unspecified atom stereocenters. The normalized spacial score (nSPS) is 27.1. The number of aromatic amines is 1. The maximum absolute atomic E-state index is 15.3. The van der Waals surface area contributed by atoms with Crippen molar-refractivity contribution in [2.24, 2.45) is 17.6 Å². The average Bonchev–Trinajstić information content (AvgIpc) is 3.13. The molecular weight excluding hydrogens is 363 g/mol. The summed E-state index contributed by atoms with van der Waals surface area (Å²) in [5.74, 6) is 1.16. The fourth-order valence-electron chi connectivity index (χ4n) is 4.45. The van der Waals surface area contributed by atoms with E-state index in [1.165, 1.54) is 4.90 Å². The Morgan fingerprint density at radius 3 is 2.86 bits per heavy atom. The molecule has 7 nitrogen and oxygen atoms in total. The van der Waals surface area contributed by atoms with Crippen LogP contribution in [-0.2, 0) is 4.74 Å². The van der Waals surface area contributed by atoms with Crippen LogP contribution in [0.3, 0.4) is 0 Å². The third-order valence-electron chi connectivity index (χ3n) is 6.26. The van der Waals surface area contributed by atoms with Crippen LogP contribution in [0.2, 0.25) is 0 Å². The summed E-state index contributed by atoms with van der Waals surface area (Å²) in [7, 11) is 0. The van der Waals surface area contributed by atoms with Gasteiger partial charge >= 0.3 is 6.09 Å². The first-order valence-corrected chi connectivity index (χ1v) is 9.96. The van der Waals surface area contributed by atoms with Gasteiger partial charge in [-0.3, -0.25) is 4.90 Å². The Morgan fingerprint density at radius 1 is 1.39 bits per heavy atom. The second kappa shape index (κ2) is 7.67. The molecule has 1 aliphatic carbocycles. The number of nitrogens with two attached hydrogens (primary N) is 1. The van der Waals surface area contributed by atoms with E-state index in [1.807, 2.05) is 0 Å². The molecule has 4 rings (SSSR count). The highest BCUT2D eigenvalue weighted by atomic mass is 19.1. The monoisotopic (exact) mass is 390 g/mol. The molecule has 2 aliphatic rings. The molecule has 1 aliphatic heterocycles. The summed E-state index contributed by atoms with van der Waals surface area (Å²) in [6.45, 7) is 2.92. The molecule has 0 spiro atoms. The number of nitrogens with zero attached hydrogens (tertiary/aromatic N) is 2. The zero-order valence-electron chi connectivity index (χ0n) is 16.0. The lowest BCUT2D eigenvalue weighted by Crippen LogP contribution is -2.43. The van der Waals surface area contributed by atoms with Crippen molar-refractivity contribution in [3.63, 3.8) is 0 Å². The van der Waals surface area contributed by atoms with Crippen LogP contribution in [0.15, 0.2) is 12.1 Å². The highest BCUT2D eigenvalue weighted by molar-refractivity contribution is 5.77. The molecular formula is C20H27FN4O3. The molecule has 1 aromatic heterocycles. The largest absolute Gasteiger partial charge is 0.465 e. The molecule has 0 bridgehead atoms. The minimum absolute atomic E-state index is 0.131. The van der Waals surface area contributed by atoms with Crippen LogP contribution in [0.25, 0.3) is 11.0 Å².